The molecule has 2 aromatic rings. The molecule has 0 amide bonds. The molecule has 0 atom stereocenters. The molecule has 0 aliphatic rings. The molecular formula is C17H17N. The van der Waals surface area contributed by atoms with Crippen LogP contribution < -0.4 is 5.73 Å². The van der Waals surface area contributed by atoms with E-state index in [0.717, 1.165) is 22.4 Å². The summed E-state index contributed by atoms with van der Waals surface area (Å²) < 4.78 is 0. The first-order chi connectivity index (χ1) is 8.65. The second-order valence-electron chi connectivity index (χ2n) is 4.39. The van der Waals surface area contributed by atoms with Crippen LogP contribution in [0.4, 0.5) is 5.69 Å². The van der Waals surface area contributed by atoms with Gasteiger partial charge in [0, 0.05) is 5.69 Å². The zero-order valence-electron chi connectivity index (χ0n) is 10.6. The fourth-order valence-corrected chi connectivity index (χ4v) is 1.72. The van der Waals surface area contributed by atoms with Crippen LogP contribution in [0.25, 0.3) is 11.6 Å². The van der Waals surface area contributed by atoms with E-state index in [9.17, 15) is 0 Å². The van der Waals surface area contributed by atoms with Crippen molar-refractivity contribution in [3.8, 4) is 0 Å². The molecule has 1 heteroatoms. The van der Waals surface area contributed by atoms with Crippen LogP contribution in [0.3, 0.4) is 0 Å². The summed E-state index contributed by atoms with van der Waals surface area (Å²) in [5, 5.41) is 0. The summed E-state index contributed by atoms with van der Waals surface area (Å²) in [7, 11) is 0. The average molecular weight is 235 g/mol. The summed E-state index contributed by atoms with van der Waals surface area (Å²) in [6.45, 7) is 6.15. The Morgan fingerprint density at radius 1 is 1.11 bits per heavy atom. The first kappa shape index (κ1) is 12.2. The molecule has 0 aromatic heterocycles. The van der Waals surface area contributed by atoms with Gasteiger partial charge in [-0.3, -0.25) is 0 Å². The lowest BCUT2D eigenvalue weighted by Crippen LogP contribution is -1.84. The molecule has 0 aliphatic carbocycles. The van der Waals surface area contributed by atoms with Crippen LogP contribution in [0.2, 0.25) is 0 Å². The van der Waals surface area contributed by atoms with Crippen molar-refractivity contribution in [3.05, 3.63) is 77.9 Å². The Morgan fingerprint density at radius 3 is 2.50 bits per heavy atom. The quantitative estimate of drug-likeness (QED) is 0.623. The van der Waals surface area contributed by atoms with Crippen LogP contribution in [-0.4, -0.2) is 0 Å². The van der Waals surface area contributed by atoms with Crippen molar-refractivity contribution >= 4 is 17.3 Å². The SMILES string of the molecule is C=C(/C=C/c1cccc(N)c1)c1ccc(C)cc1. The highest BCUT2D eigenvalue weighted by Crippen LogP contribution is 2.16. The van der Waals surface area contributed by atoms with Gasteiger partial charge in [-0.2, -0.15) is 0 Å². The summed E-state index contributed by atoms with van der Waals surface area (Å²) in [5.41, 5.74) is 11.0. The summed E-state index contributed by atoms with van der Waals surface area (Å²) in [5.74, 6) is 0. The zero-order valence-corrected chi connectivity index (χ0v) is 10.6. The van der Waals surface area contributed by atoms with Crippen molar-refractivity contribution in [1.82, 2.24) is 0 Å². The van der Waals surface area contributed by atoms with E-state index in [4.69, 9.17) is 5.73 Å². The first-order valence-electron chi connectivity index (χ1n) is 5.95. The molecule has 0 unspecified atom stereocenters. The molecule has 0 fully saturated rings. The molecule has 0 heterocycles. The highest BCUT2D eigenvalue weighted by atomic mass is 14.5. The second kappa shape index (κ2) is 5.37. The minimum Gasteiger partial charge on any atom is -0.399 e. The maximum atomic E-state index is 5.74. The predicted octanol–water partition coefficient (Wildman–Crippen LogP) is 4.30. The van der Waals surface area contributed by atoms with Gasteiger partial charge in [0.15, 0.2) is 0 Å². The van der Waals surface area contributed by atoms with E-state index in [-0.39, 0.29) is 0 Å². The van der Waals surface area contributed by atoms with Crippen molar-refractivity contribution in [1.29, 1.82) is 0 Å². The van der Waals surface area contributed by atoms with Gasteiger partial charge in [0.1, 0.15) is 0 Å². The van der Waals surface area contributed by atoms with Crippen LogP contribution in [0.5, 0.6) is 0 Å². The van der Waals surface area contributed by atoms with E-state index >= 15 is 0 Å². The van der Waals surface area contributed by atoms with Gasteiger partial charge in [0.25, 0.3) is 0 Å². The Bertz CT molecular complexity index is 577. The molecule has 18 heavy (non-hydrogen) atoms. The fourth-order valence-electron chi connectivity index (χ4n) is 1.72. The summed E-state index contributed by atoms with van der Waals surface area (Å²) in [6.07, 6.45) is 4.04. The van der Waals surface area contributed by atoms with Crippen LogP contribution in [0.15, 0.2) is 61.2 Å². The van der Waals surface area contributed by atoms with Crippen molar-refractivity contribution in [2.45, 2.75) is 6.92 Å². The van der Waals surface area contributed by atoms with E-state index in [1.807, 2.05) is 36.4 Å². The number of allylic oxidation sites excluding steroid dienone is 2. The standard InChI is InChI=1S/C17H17N/c1-13-6-10-16(11-7-13)14(2)8-9-15-4-3-5-17(18)12-15/h3-12H,2,18H2,1H3/b9-8+. The van der Waals surface area contributed by atoms with Crippen LogP contribution in [0, 0.1) is 6.92 Å². The number of aryl methyl sites for hydroxylation is 1. The van der Waals surface area contributed by atoms with Gasteiger partial charge >= 0.3 is 0 Å². The molecule has 90 valence electrons. The molecule has 0 bridgehead atoms. The maximum Gasteiger partial charge on any atom is 0.0319 e. The van der Waals surface area contributed by atoms with E-state index in [0.29, 0.717) is 0 Å². The number of benzene rings is 2. The summed E-state index contributed by atoms with van der Waals surface area (Å²) >= 11 is 0. The number of anilines is 1. The fraction of sp³-hybridized carbons (Fsp3) is 0.0588. The smallest absolute Gasteiger partial charge is 0.0319 e. The molecule has 0 saturated carbocycles. The molecule has 2 aromatic carbocycles. The van der Waals surface area contributed by atoms with Gasteiger partial charge in [0.05, 0.1) is 0 Å². The van der Waals surface area contributed by atoms with E-state index < -0.39 is 0 Å². The molecule has 0 saturated heterocycles. The third-order valence-electron chi connectivity index (χ3n) is 2.81. The van der Waals surface area contributed by atoms with Crippen molar-refractivity contribution in [2.75, 3.05) is 5.73 Å². The largest absolute Gasteiger partial charge is 0.399 e. The zero-order chi connectivity index (χ0) is 13.0. The highest BCUT2D eigenvalue weighted by Gasteiger charge is 1.94. The molecule has 1 nitrogen and oxygen atoms in total. The van der Waals surface area contributed by atoms with Gasteiger partial charge in [-0.25, -0.2) is 0 Å². The minimum atomic E-state index is 0.776. The molecule has 0 spiro atoms. The molecule has 2 rings (SSSR count). The van der Waals surface area contributed by atoms with E-state index in [2.05, 4.69) is 37.8 Å². The number of hydrogen-bond donors (Lipinski definition) is 1. The number of nitrogens with two attached hydrogens (primary N) is 1. The van der Waals surface area contributed by atoms with Crippen LogP contribution in [-0.2, 0) is 0 Å². The normalized spacial score (nSPS) is 10.7. The van der Waals surface area contributed by atoms with Gasteiger partial charge in [-0.05, 0) is 35.8 Å². The second-order valence-corrected chi connectivity index (χ2v) is 4.39. The Balaban J connectivity index is 2.14. The average Bonchev–Trinajstić information content (AvgIpc) is 2.37. The predicted molar refractivity (Wildman–Crippen MR) is 80.1 cm³/mol. The Labute approximate surface area is 108 Å². The van der Waals surface area contributed by atoms with Crippen LogP contribution in [0.1, 0.15) is 16.7 Å². The van der Waals surface area contributed by atoms with Gasteiger partial charge < -0.3 is 5.73 Å². The van der Waals surface area contributed by atoms with E-state index in [1.165, 1.54) is 5.56 Å². The molecule has 0 aliphatic heterocycles. The monoisotopic (exact) mass is 235 g/mol. The number of rotatable bonds is 3. The lowest BCUT2D eigenvalue weighted by atomic mass is 10.0. The minimum absolute atomic E-state index is 0.776. The van der Waals surface area contributed by atoms with Crippen molar-refractivity contribution < 1.29 is 0 Å². The van der Waals surface area contributed by atoms with Gasteiger partial charge in [-0.15, -0.1) is 0 Å². The van der Waals surface area contributed by atoms with E-state index in [1.54, 1.807) is 0 Å². The lowest BCUT2D eigenvalue weighted by Gasteiger charge is -2.01. The Hall–Kier alpha value is -2.28. The van der Waals surface area contributed by atoms with Crippen molar-refractivity contribution in [2.24, 2.45) is 0 Å². The number of nitrogen functional groups attached to an aromatic ring is 1. The highest BCUT2D eigenvalue weighted by molar-refractivity contribution is 5.77. The molecule has 2 N–H and O–H groups in total. The Kier molecular flexibility index (Phi) is 3.63. The molecular weight excluding hydrogens is 218 g/mol. The Morgan fingerprint density at radius 2 is 1.83 bits per heavy atom. The summed E-state index contributed by atoms with van der Waals surface area (Å²) in [4.78, 5) is 0. The summed E-state index contributed by atoms with van der Waals surface area (Å²) in [6, 6.07) is 16.1. The maximum absolute atomic E-state index is 5.74. The third kappa shape index (κ3) is 3.11. The topological polar surface area (TPSA) is 26.0 Å². The van der Waals surface area contributed by atoms with Gasteiger partial charge in [-0.1, -0.05) is 60.7 Å². The van der Waals surface area contributed by atoms with Gasteiger partial charge in [0.2, 0.25) is 0 Å². The van der Waals surface area contributed by atoms with Crippen LogP contribution >= 0.6 is 0 Å². The third-order valence-corrected chi connectivity index (χ3v) is 2.81. The first-order valence-corrected chi connectivity index (χ1v) is 5.95. The lowest BCUT2D eigenvalue weighted by molar-refractivity contribution is 1.46. The molecule has 0 radical (unpaired) electrons. The number of hydrogen-bond acceptors (Lipinski definition) is 1. The van der Waals surface area contributed by atoms with Crippen molar-refractivity contribution in [3.63, 3.8) is 0 Å².